The number of unbranched alkanes of at least 4 members (excludes halogenated alkanes) is 6. The molecule has 6 nitrogen and oxygen atoms in total. The fraction of sp³-hybridized carbons (Fsp3) is 0.812. The molecule has 6 heteroatoms. The standard InChI is InChI=1S/C16H28O6/c1-3-4-5-6-7-8-9-10-22-16(21)13(11-14(17)18)12(2)15(19)20/h12-13H,3-11H2,1-2H3,(H,17,18)(H,19,20). The van der Waals surface area contributed by atoms with Crippen molar-refractivity contribution in [1.82, 2.24) is 0 Å². The van der Waals surface area contributed by atoms with Crippen LogP contribution in [0.2, 0.25) is 0 Å². The highest BCUT2D eigenvalue weighted by molar-refractivity contribution is 5.84. The first-order valence-corrected chi connectivity index (χ1v) is 8.01. The largest absolute Gasteiger partial charge is 0.481 e. The van der Waals surface area contributed by atoms with Crippen LogP contribution in [0.5, 0.6) is 0 Å². The number of carboxylic acids is 2. The first-order chi connectivity index (χ1) is 10.4. The first kappa shape index (κ1) is 20.4. The molecule has 0 aliphatic rings. The van der Waals surface area contributed by atoms with Gasteiger partial charge in [0.25, 0.3) is 0 Å². The summed E-state index contributed by atoms with van der Waals surface area (Å²) in [6.07, 6.45) is 7.05. The van der Waals surface area contributed by atoms with Gasteiger partial charge in [0.15, 0.2) is 0 Å². The molecule has 128 valence electrons. The summed E-state index contributed by atoms with van der Waals surface area (Å²) < 4.78 is 5.04. The number of hydrogen-bond donors (Lipinski definition) is 2. The summed E-state index contributed by atoms with van der Waals surface area (Å²) in [5.41, 5.74) is 0. The smallest absolute Gasteiger partial charge is 0.310 e. The second-order valence-electron chi connectivity index (χ2n) is 5.62. The summed E-state index contributed by atoms with van der Waals surface area (Å²) in [7, 11) is 0. The van der Waals surface area contributed by atoms with E-state index in [1.165, 1.54) is 32.6 Å². The van der Waals surface area contributed by atoms with Crippen molar-refractivity contribution in [3.63, 3.8) is 0 Å². The fourth-order valence-corrected chi connectivity index (χ4v) is 2.16. The third kappa shape index (κ3) is 9.37. The summed E-state index contributed by atoms with van der Waals surface area (Å²) in [6.45, 7) is 3.70. The van der Waals surface area contributed by atoms with Crippen molar-refractivity contribution in [2.45, 2.75) is 65.2 Å². The van der Waals surface area contributed by atoms with Gasteiger partial charge in [0, 0.05) is 0 Å². The Morgan fingerprint density at radius 3 is 2.00 bits per heavy atom. The van der Waals surface area contributed by atoms with Gasteiger partial charge in [0.2, 0.25) is 0 Å². The Hall–Kier alpha value is -1.59. The van der Waals surface area contributed by atoms with E-state index in [2.05, 4.69) is 6.92 Å². The molecule has 0 aliphatic heterocycles. The lowest BCUT2D eigenvalue weighted by Gasteiger charge is -2.17. The van der Waals surface area contributed by atoms with Crippen LogP contribution < -0.4 is 0 Å². The monoisotopic (exact) mass is 316 g/mol. The maximum absolute atomic E-state index is 11.8. The highest BCUT2D eigenvalue weighted by atomic mass is 16.5. The van der Waals surface area contributed by atoms with Crippen LogP contribution in [0.4, 0.5) is 0 Å². The van der Waals surface area contributed by atoms with Gasteiger partial charge in [-0.15, -0.1) is 0 Å². The van der Waals surface area contributed by atoms with E-state index < -0.39 is 36.2 Å². The Balaban J connectivity index is 4.03. The van der Waals surface area contributed by atoms with Crippen LogP contribution in [0.1, 0.15) is 65.2 Å². The minimum atomic E-state index is -1.20. The summed E-state index contributed by atoms with van der Waals surface area (Å²) in [5, 5.41) is 17.7. The van der Waals surface area contributed by atoms with Gasteiger partial charge >= 0.3 is 17.9 Å². The molecule has 2 N–H and O–H groups in total. The quantitative estimate of drug-likeness (QED) is 0.400. The van der Waals surface area contributed by atoms with E-state index in [0.717, 1.165) is 19.3 Å². The summed E-state index contributed by atoms with van der Waals surface area (Å²) in [4.78, 5) is 33.5. The minimum Gasteiger partial charge on any atom is -0.481 e. The van der Waals surface area contributed by atoms with Crippen LogP contribution in [0.25, 0.3) is 0 Å². The van der Waals surface area contributed by atoms with Crippen molar-refractivity contribution in [2.75, 3.05) is 6.61 Å². The molecule has 0 spiro atoms. The second kappa shape index (κ2) is 12.0. The average molecular weight is 316 g/mol. The minimum absolute atomic E-state index is 0.217. The lowest BCUT2D eigenvalue weighted by atomic mass is 9.91. The predicted octanol–water partition coefficient (Wildman–Crippen LogP) is 3.09. The van der Waals surface area contributed by atoms with Gasteiger partial charge in [0.1, 0.15) is 0 Å². The Bertz CT molecular complexity index is 353. The zero-order chi connectivity index (χ0) is 17.0. The zero-order valence-corrected chi connectivity index (χ0v) is 13.5. The van der Waals surface area contributed by atoms with Gasteiger partial charge in [0.05, 0.1) is 24.9 Å². The second-order valence-corrected chi connectivity index (χ2v) is 5.62. The topological polar surface area (TPSA) is 101 Å². The number of carbonyl (C=O) groups is 3. The normalized spacial score (nSPS) is 13.4. The number of esters is 1. The Morgan fingerprint density at radius 2 is 1.50 bits per heavy atom. The molecule has 0 heterocycles. The van der Waals surface area contributed by atoms with Gasteiger partial charge in [-0.1, -0.05) is 52.4 Å². The number of ether oxygens (including phenoxy) is 1. The summed E-state index contributed by atoms with van der Waals surface area (Å²) in [6, 6.07) is 0. The molecule has 0 aromatic rings. The number of hydrogen-bond acceptors (Lipinski definition) is 4. The van der Waals surface area contributed by atoms with Crippen molar-refractivity contribution < 1.29 is 29.3 Å². The molecule has 2 atom stereocenters. The lowest BCUT2D eigenvalue weighted by molar-refractivity contribution is -0.160. The van der Waals surface area contributed by atoms with Gasteiger partial charge in [-0.3, -0.25) is 14.4 Å². The number of rotatable bonds is 13. The van der Waals surface area contributed by atoms with Crippen molar-refractivity contribution in [3.05, 3.63) is 0 Å². The summed E-state index contributed by atoms with van der Waals surface area (Å²) in [5.74, 6) is -5.34. The van der Waals surface area contributed by atoms with Crippen molar-refractivity contribution in [2.24, 2.45) is 11.8 Å². The third-order valence-corrected chi connectivity index (χ3v) is 3.68. The van der Waals surface area contributed by atoms with Crippen LogP contribution in [0.3, 0.4) is 0 Å². The fourth-order valence-electron chi connectivity index (χ4n) is 2.16. The molecular formula is C16H28O6. The van der Waals surface area contributed by atoms with Crippen molar-refractivity contribution in [3.8, 4) is 0 Å². The Morgan fingerprint density at radius 1 is 0.955 bits per heavy atom. The Kier molecular flexibility index (Phi) is 11.1. The number of carboxylic acid groups (broad SMARTS) is 2. The maximum atomic E-state index is 11.8. The molecule has 0 fully saturated rings. The van der Waals surface area contributed by atoms with E-state index in [9.17, 15) is 14.4 Å². The van der Waals surface area contributed by atoms with Crippen LogP contribution in [0, 0.1) is 11.8 Å². The van der Waals surface area contributed by atoms with Crippen LogP contribution in [-0.2, 0) is 19.1 Å². The average Bonchev–Trinajstić information content (AvgIpc) is 2.46. The predicted molar refractivity (Wildman–Crippen MR) is 81.5 cm³/mol. The Labute approximate surface area is 131 Å². The van der Waals surface area contributed by atoms with Crippen LogP contribution in [0.15, 0.2) is 0 Å². The molecular weight excluding hydrogens is 288 g/mol. The van der Waals surface area contributed by atoms with E-state index in [-0.39, 0.29) is 6.61 Å². The van der Waals surface area contributed by atoms with Crippen molar-refractivity contribution in [1.29, 1.82) is 0 Å². The van der Waals surface area contributed by atoms with Crippen LogP contribution >= 0.6 is 0 Å². The molecule has 0 radical (unpaired) electrons. The van der Waals surface area contributed by atoms with E-state index in [1.54, 1.807) is 0 Å². The lowest BCUT2D eigenvalue weighted by Crippen LogP contribution is -2.31. The number of aliphatic carboxylic acids is 2. The molecule has 0 saturated heterocycles. The van der Waals surface area contributed by atoms with Crippen molar-refractivity contribution >= 4 is 17.9 Å². The molecule has 0 aliphatic carbocycles. The molecule has 22 heavy (non-hydrogen) atoms. The van der Waals surface area contributed by atoms with Gasteiger partial charge < -0.3 is 14.9 Å². The number of carbonyl (C=O) groups excluding carboxylic acids is 1. The highest BCUT2D eigenvalue weighted by Gasteiger charge is 2.33. The van der Waals surface area contributed by atoms with E-state index in [1.807, 2.05) is 0 Å². The van der Waals surface area contributed by atoms with Gasteiger partial charge in [-0.05, 0) is 6.42 Å². The molecule has 2 unspecified atom stereocenters. The maximum Gasteiger partial charge on any atom is 0.310 e. The third-order valence-electron chi connectivity index (χ3n) is 3.68. The molecule has 0 aromatic heterocycles. The first-order valence-electron chi connectivity index (χ1n) is 8.01. The zero-order valence-electron chi connectivity index (χ0n) is 13.5. The SMILES string of the molecule is CCCCCCCCCOC(=O)C(CC(=O)O)C(C)C(=O)O. The molecule has 0 saturated carbocycles. The molecule has 0 bridgehead atoms. The van der Waals surface area contributed by atoms with Gasteiger partial charge in [-0.25, -0.2) is 0 Å². The summed E-state index contributed by atoms with van der Waals surface area (Å²) >= 11 is 0. The van der Waals surface area contributed by atoms with Gasteiger partial charge in [-0.2, -0.15) is 0 Å². The van der Waals surface area contributed by atoms with E-state index >= 15 is 0 Å². The van der Waals surface area contributed by atoms with Crippen LogP contribution in [-0.4, -0.2) is 34.7 Å². The highest BCUT2D eigenvalue weighted by Crippen LogP contribution is 2.18. The van der Waals surface area contributed by atoms with E-state index in [0.29, 0.717) is 0 Å². The molecule has 0 aromatic carbocycles. The molecule has 0 rings (SSSR count). The van der Waals surface area contributed by atoms with E-state index in [4.69, 9.17) is 14.9 Å². The molecule has 0 amide bonds.